The second-order valence-electron chi connectivity index (χ2n) is 8.68. The van der Waals surface area contributed by atoms with Crippen LogP contribution in [-0.4, -0.2) is 0 Å². The summed E-state index contributed by atoms with van der Waals surface area (Å²) in [7, 11) is 0. The van der Waals surface area contributed by atoms with Crippen molar-refractivity contribution < 1.29 is 0 Å². The molecular formula is C22H31N. The third-order valence-electron chi connectivity index (χ3n) is 4.45. The van der Waals surface area contributed by atoms with Crippen molar-refractivity contribution in [3.8, 4) is 0 Å². The number of rotatable bonds is 2. The molecule has 2 aromatic rings. The normalized spacial score (nSPS) is 12.3. The molecule has 1 heteroatoms. The van der Waals surface area contributed by atoms with E-state index < -0.39 is 0 Å². The van der Waals surface area contributed by atoms with E-state index in [1.165, 1.54) is 33.6 Å². The molecule has 0 bridgehead atoms. The van der Waals surface area contributed by atoms with Gasteiger partial charge >= 0.3 is 0 Å². The summed E-state index contributed by atoms with van der Waals surface area (Å²) in [5, 5.41) is 3.60. The molecule has 2 aromatic carbocycles. The SMILES string of the molecule is Cc1cc(C(C)(C)C)ccc1Nc1ccc(C(C)(C)C)cc1C. The Hall–Kier alpha value is -1.76. The monoisotopic (exact) mass is 309 g/mol. The van der Waals surface area contributed by atoms with Gasteiger partial charge in [0.25, 0.3) is 0 Å². The van der Waals surface area contributed by atoms with Crippen LogP contribution in [0.3, 0.4) is 0 Å². The predicted molar refractivity (Wildman–Crippen MR) is 103 cm³/mol. The molecule has 2 rings (SSSR count). The van der Waals surface area contributed by atoms with Gasteiger partial charge in [0, 0.05) is 11.4 Å². The molecule has 0 unspecified atom stereocenters. The highest BCUT2D eigenvalue weighted by molar-refractivity contribution is 5.66. The van der Waals surface area contributed by atoms with Gasteiger partial charge in [0.05, 0.1) is 0 Å². The van der Waals surface area contributed by atoms with E-state index in [9.17, 15) is 0 Å². The summed E-state index contributed by atoms with van der Waals surface area (Å²) < 4.78 is 0. The lowest BCUT2D eigenvalue weighted by atomic mass is 9.85. The maximum atomic E-state index is 3.60. The summed E-state index contributed by atoms with van der Waals surface area (Å²) in [6.07, 6.45) is 0. The minimum Gasteiger partial charge on any atom is -0.355 e. The highest BCUT2D eigenvalue weighted by Crippen LogP contribution is 2.31. The van der Waals surface area contributed by atoms with Crippen molar-refractivity contribution in [3.63, 3.8) is 0 Å². The summed E-state index contributed by atoms with van der Waals surface area (Å²) in [5.74, 6) is 0. The van der Waals surface area contributed by atoms with Crippen LogP contribution in [0.1, 0.15) is 63.8 Å². The average Bonchev–Trinajstić information content (AvgIpc) is 2.40. The molecule has 0 fully saturated rings. The summed E-state index contributed by atoms with van der Waals surface area (Å²) in [5.41, 5.74) is 8.07. The largest absolute Gasteiger partial charge is 0.355 e. The third kappa shape index (κ3) is 4.16. The Kier molecular flexibility index (Phi) is 4.61. The van der Waals surface area contributed by atoms with Gasteiger partial charge in [-0.2, -0.15) is 0 Å². The van der Waals surface area contributed by atoms with Gasteiger partial charge in [0.15, 0.2) is 0 Å². The van der Waals surface area contributed by atoms with Gasteiger partial charge in [0.1, 0.15) is 0 Å². The molecule has 0 saturated carbocycles. The molecule has 0 aromatic heterocycles. The number of anilines is 2. The van der Waals surface area contributed by atoms with Gasteiger partial charge < -0.3 is 5.32 Å². The first-order chi connectivity index (χ1) is 10.5. The minimum absolute atomic E-state index is 0.188. The lowest BCUT2D eigenvalue weighted by molar-refractivity contribution is 0.590. The Bertz CT molecular complexity index is 635. The van der Waals surface area contributed by atoms with E-state index in [0.29, 0.717) is 0 Å². The van der Waals surface area contributed by atoms with Crippen molar-refractivity contribution in [1.29, 1.82) is 0 Å². The van der Waals surface area contributed by atoms with E-state index in [1.807, 2.05) is 0 Å². The van der Waals surface area contributed by atoms with Crippen LogP contribution >= 0.6 is 0 Å². The topological polar surface area (TPSA) is 12.0 Å². The fourth-order valence-electron chi connectivity index (χ4n) is 2.69. The average molecular weight is 309 g/mol. The smallest absolute Gasteiger partial charge is 0.0414 e. The van der Waals surface area contributed by atoms with Gasteiger partial charge in [-0.3, -0.25) is 0 Å². The highest BCUT2D eigenvalue weighted by Gasteiger charge is 2.16. The first-order valence-electron chi connectivity index (χ1n) is 8.48. The van der Waals surface area contributed by atoms with Gasteiger partial charge in [-0.15, -0.1) is 0 Å². The number of nitrogens with one attached hydrogen (secondary N) is 1. The van der Waals surface area contributed by atoms with Crippen LogP contribution in [0.15, 0.2) is 36.4 Å². The molecule has 0 aliphatic rings. The van der Waals surface area contributed by atoms with E-state index in [1.54, 1.807) is 0 Å². The van der Waals surface area contributed by atoms with Crippen LogP contribution < -0.4 is 5.32 Å². The molecule has 0 heterocycles. The number of hydrogen-bond donors (Lipinski definition) is 1. The molecule has 0 radical (unpaired) electrons. The molecule has 1 N–H and O–H groups in total. The lowest BCUT2D eigenvalue weighted by Gasteiger charge is -2.22. The van der Waals surface area contributed by atoms with Crippen LogP contribution in [-0.2, 0) is 10.8 Å². The van der Waals surface area contributed by atoms with E-state index in [-0.39, 0.29) is 10.8 Å². The fourth-order valence-corrected chi connectivity index (χ4v) is 2.69. The van der Waals surface area contributed by atoms with E-state index in [2.05, 4.69) is 97.1 Å². The fraction of sp³-hybridized carbons (Fsp3) is 0.455. The Labute approximate surface area is 142 Å². The molecule has 0 aliphatic heterocycles. The molecular weight excluding hydrogens is 278 g/mol. The Balaban J connectivity index is 2.30. The second-order valence-corrected chi connectivity index (χ2v) is 8.68. The van der Waals surface area contributed by atoms with Gasteiger partial charge in [-0.25, -0.2) is 0 Å². The Morgan fingerprint density at radius 2 is 0.957 bits per heavy atom. The summed E-state index contributed by atoms with van der Waals surface area (Å²) >= 11 is 0. The Morgan fingerprint density at radius 3 is 1.22 bits per heavy atom. The van der Waals surface area contributed by atoms with Gasteiger partial charge in [-0.05, 0) is 59.1 Å². The molecule has 23 heavy (non-hydrogen) atoms. The van der Waals surface area contributed by atoms with Crippen LogP contribution in [0.25, 0.3) is 0 Å². The standard InChI is InChI=1S/C22H31N/c1-15-13-17(21(3,4)5)9-11-19(15)23-20-12-10-18(14-16(20)2)22(6,7)8/h9-14,23H,1-8H3. The van der Waals surface area contributed by atoms with E-state index in [0.717, 1.165) is 0 Å². The third-order valence-corrected chi connectivity index (χ3v) is 4.45. The van der Waals surface area contributed by atoms with Crippen molar-refractivity contribution in [2.24, 2.45) is 0 Å². The summed E-state index contributed by atoms with van der Waals surface area (Å²) in [4.78, 5) is 0. The van der Waals surface area contributed by atoms with Crippen molar-refractivity contribution in [2.45, 2.75) is 66.2 Å². The quantitative estimate of drug-likeness (QED) is 0.655. The first kappa shape index (κ1) is 17.6. The van der Waals surface area contributed by atoms with Gasteiger partial charge in [-0.1, -0.05) is 65.8 Å². The minimum atomic E-state index is 0.188. The second kappa shape index (κ2) is 6.03. The van der Waals surface area contributed by atoms with Crippen molar-refractivity contribution in [1.82, 2.24) is 0 Å². The maximum Gasteiger partial charge on any atom is 0.0414 e. The molecule has 124 valence electrons. The van der Waals surface area contributed by atoms with Crippen LogP contribution in [0, 0.1) is 13.8 Å². The predicted octanol–water partition coefficient (Wildman–Crippen LogP) is 6.64. The van der Waals surface area contributed by atoms with Gasteiger partial charge in [0.2, 0.25) is 0 Å². The van der Waals surface area contributed by atoms with E-state index >= 15 is 0 Å². The summed E-state index contributed by atoms with van der Waals surface area (Å²) in [6.45, 7) is 17.9. The van der Waals surface area contributed by atoms with Crippen LogP contribution in [0.5, 0.6) is 0 Å². The molecule has 0 saturated heterocycles. The maximum absolute atomic E-state index is 3.60. The zero-order valence-corrected chi connectivity index (χ0v) is 16.0. The molecule has 1 nitrogen and oxygen atoms in total. The molecule has 0 aliphatic carbocycles. The zero-order valence-electron chi connectivity index (χ0n) is 16.0. The van der Waals surface area contributed by atoms with Crippen LogP contribution in [0.4, 0.5) is 11.4 Å². The highest BCUT2D eigenvalue weighted by atomic mass is 14.9. The first-order valence-corrected chi connectivity index (χ1v) is 8.48. The zero-order chi connectivity index (χ0) is 17.4. The number of aryl methyl sites for hydroxylation is 2. The number of benzene rings is 2. The van der Waals surface area contributed by atoms with Crippen molar-refractivity contribution in [2.75, 3.05) is 5.32 Å². The Morgan fingerprint density at radius 1 is 0.609 bits per heavy atom. The summed E-state index contributed by atoms with van der Waals surface area (Å²) in [6, 6.07) is 13.4. The number of hydrogen-bond acceptors (Lipinski definition) is 1. The molecule has 0 atom stereocenters. The molecule has 0 spiro atoms. The van der Waals surface area contributed by atoms with Crippen LogP contribution in [0.2, 0.25) is 0 Å². The van der Waals surface area contributed by atoms with Crippen molar-refractivity contribution in [3.05, 3.63) is 58.7 Å². The van der Waals surface area contributed by atoms with E-state index in [4.69, 9.17) is 0 Å². The van der Waals surface area contributed by atoms with Crippen molar-refractivity contribution >= 4 is 11.4 Å². The molecule has 0 amide bonds. The lowest BCUT2D eigenvalue weighted by Crippen LogP contribution is -2.12.